The molecule has 1 aliphatic heterocycles. The molecule has 128 valence electrons. The van der Waals surface area contributed by atoms with Crippen molar-refractivity contribution in [2.75, 3.05) is 31.6 Å². The standard InChI is InChI=1S/C18H31N5/c1-3-4-5-6-11-20-18(19-2)22-15-16-9-10-17(21-14-16)23-12-7-8-13-23/h9-10,14H,3-8,11-13,15H2,1-2H3,(H2,19,20,22). The van der Waals surface area contributed by atoms with Gasteiger partial charge in [-0.15, -0.1) is 0 Å². The van der Waals surface area contributed by atoms with Gasteiger partial charge in [-0.2, -0.15) is 0 Å². The second-order valence-electron chi connectivity index (χ2n) is 6.13. The number of rotatable bonds is 8. The van der Waals surface area contributed by atoms with Gasteiger partial charge in [-0.3, -0.25) is 4.99 Å². The zero-order valence-corrected chi connectivity index (χ0v) is 14.6. The minimum Gasteiger partial charge on any atom is -0.357 e. The molecule has 1 saturated heterocycles. The first-order chi connectivity index (χ1) is 11.3. The molecule has 0 aliphatic carbocycles. The molecule has 0 bridgehead atoms. The smallest absolute Gasteiger partial charge is 0.191 e. The molecule has 5 nitrogen and oxygen atoms in total. The summed E-state index contributed by atoms with van der Waals surface area (Å²) in [5, 5.41) is 6.72. The van der Waals surface area contributed by atoms with Crippen molar-refractivity contribution in [3.63, 3.8) is 0 Å². The van der Waals surface area contributed by atoms with Crippen molar-refractivity contribution in [1.29, 1.82) is 0 Å². The van der Waals surface area contributed by atoms with Crippen LogP contribution in [0.25, 0.3) is 0 Å². The van der Waals surface area contributed by atoms with E-state index in [1.807, 2.05) is 13.2 Å². The van der Waals surface area contributed by atoms with Crippen molar-refractivity contribution in [2.45, 2.75) is 52.0 Å². The highest BCUT2D eigenvalue weighted by Crippen LogP contribution is 2.17. The molecule has 2 N–H and O–H groups in total. The first-order valence-electron chi connectivity index (χ1n) is 8.98. The van der Waals surface area contributed by atoms with Crippen molar-refractivity contribution in [2.24, 2.45) is 4.99 Å². The molecule has 1 aromatic rings. The van der Waals surface area contributed by atoms with Crippen LogP contribution in [0.4, 0.5) is 5.82 Å². The first-order valence-corrected chi connectivity index (χ1v) is 8.98. The number of guanidine groups is 1. The van der Waals surface area contributed by atoms with Gasteiger partial charge in [-0.05, 0) is 30.9 Å². The van der Waals surface area contributed by atoms with Crippen LogP contribution in [0, 0.1) is 0 Å². The lowest BCUT2D eigenvalue weighted by atomic mass is 10.2. The van der Waals surface area contributed by atoms with E-state index in [1.54, 1.807) is 0 Å². The maximum absolute atomic E-state index is 4.59. The Hall–Kier alpha value is -1.78. The molecule has 2 heterocycles. The third kappa shape index (κ3) is 6.08. The van der Waals surface area contributed by atoms with Crippen LogP contribution in [0.2, 0.25) is 0 Å². The van der Waals surface area contributed by atoms with Crippen molar-refractivity contribution in [3.8, 4) is 0 Å². The van der Waals surface area contributed by atoms with Crippen LogP contribution in [0.5, 0.6) is 0 Å². The van der Waals surface area contributed by atoms with E-state index in [9.17, 15) is 0 Å². The Morgan fingerprint density at radius 3 is 2.65 bits per heavy atom. The maximum atomic E-state index is 4.59. The average molecular weight is 317 g/mol. The molecule has 0 aromatic carbocycles. The van der Waals surface area contributed by atoms with Crippen molar-refractivity contribution in [1.82, 2.24) is 15.6 Å². The number of hydrogen-bond acceptors (Lipinski definition) is 3. The summed E-state index contributed by atoms with van der Waals surface area (Å²) in [5.41, 5.74) is 1.18. The number of aliphatic imine (C=N–C) groups is 1. The highest BCUT2D eigenvalue weighted by atomic mass is 15.2. The van der Waals surface area contributed by atoms with Crippen LogP contribution < -0.4 is 15.5 Å². The van der Waals surface area contributed by atoms with Crippen molar-refractivity contribution in [3.05, 3.63) is 23.9 Å². The lowest BCUT2D eigenvalue weighted by molar-refractivity contribution is 0.647. The van der Waals surface area contributed by atoms with Crippen molar-refractivity contribution >= 4 is 11.8 Å². The number of nitrogens with zero attached hydrogens (tertiary/aromatic N) is 3. The van der Waals surface area contributed by atoms with Crippen LogP contribution >= 0.6 is 0 Å². The van der Waals surface area contributed by atoms with Gasteiger partial charge < -0.3 is 15.5 Å². The third-order valence-corrected chi connectivity index (χ3v) is 4.25. The van der Waals surface area contributed by atoms with Gasteiger partial charge in [0.1, 0.15) is 5.82 Å². The van der Waals surface area contributed by atoms with E-state index >= 15 is 0 Å². The normalized spacial score (nSPS) is 15.0. The highest BCUT2D eigenvalue weighted by molar-refractivity contribution is 5.79. The molecule has 0 atom stereocenters. The molecule has 5 heteroatoms. The van der Waals surface area contributed by atoms with Crippen LogP contribution in [0.1, 0.15) is 51.0 Å². The van der Waals surface area contributed by atoms with Gasteiger partial charge in [0.25, 0.3) is 0 Å². The molecule has 0 saturated carbocycles. The summed E-state index contributed by atoms with van der Waals surface area (Å²) in [6.07, 6.45) is 9.59. The summed E-state index contributed by atoms with van der Waals surface area (Å²) in [5.74, 6) is 1.97. The fraction of sp³-hybridized carbons (Fsp3) is 0.667. The molecule has 1 aliphatic rings. The Morgan fingerprint density at radius 2 is 2.00 bits per heavy atom. The summed E-state index contributed by atoms with van der Waals surface area (Å²) in [6, 6.07) is 4.28. The third-order valence-electron chi connectivity index (χ3n) is 4.25. The predicted octanol–water partition coefficient (Wildman–Crippen LogP) is 2.93. The van der Waals surface area contributed by atoms with Crippen LogP contribution in [0.3, 0.4) is 0 Å². The number of unbranched alkanes of at least 4 members (excludes halogenated alkanes) is 3. The summed E-state index contributed by atoms with van der Waals surface area (Å²) >= 11 is 0. The Kier molecular flexibility index (Phi) is 7.70. The minimum absolute atomic E-state index is 0.752. The van der Waals surface area contributed by atoms with E-state index in [0.29, 0.717) is 0 Å². The van der Waals surface area contributed by atoms with Gasteiger partial charge in [0.05, 0.1) is 0 Å². The topological polar surface area (TPSA) is 52.6 Å². The van der Waals surface area contributed by atoms with Gasteiger partial charge in [0.2, 0.25) is 0 Å². The van der Waals surface area contributed by atoms with Crippen molar-refractivity contribution < 1.29 is 0 Å². The lowest BCUT2D eigenvalue weighted by Crippen LogP contribution is -2.37. The number of hydrogen-bond donors (Lipinski definition) is 2. The predicted molar refractivity (Wildman–Crippen MR) is 98.0 cm³/mol. The van der Waals surface area contributed by atoms with E-state index in [2.05, 4.69) is 44.6 Å². The number of pyridine rings is 1. The van der Waals surface area contributed by atoms with E-state index in [-0.39, 0.29) is 0 Å². The maximum Gasteiger partial charge on any atom is 0.191 e. The molecule has 0 unspecified atom stereocenters. The van der Waals surface area contributed by atoms with Gasteiger partial charge in [-0.25, -0.2) is 4.98 Å². The van der Waals surface area contributed by atoms with Crippen LogP contribution in [0.15, 0.2) is 23.3 Å². The second kappa shape index (κ2) is 10.1. The first kappa shape index (κ1) is 17.6. The van der Waals surface area contributed by atoms with Crippen LogP contribution in [-0.2, 0) is 6.54 Å². The Bertz CT molecular complexity index is 463. The van der Waals surface area contributed by atoms with E-state index in [4.69, 9.17) is 0 Å². The average Bonchev–Trinajstić information content (AvgIpc) is 3.12. The van der Waals surface area contributed by atoms with E-state index in [1.165, 1.54) is 44.1 Å². The summed E-state index contributed by atoms with van der Waals surface area (Å²) in [4.78, 5) is 11.2. The molecule has 2 rings (SSSR count). The second-order valence-corrected chi connectivity index (χ2v) is 6.13. The molecule has 0 radical (unpaired) electrons. The zero-order valence-electron chi connectivity index (χ0n) is 14.6. The van der Waals surface area contributed by atoms with Gasteiger partial charge in [0.15, 0.2) is 5.96 Å². The molecule has 1 aromatic heterocycles. The number of anilines is 1. The molecular weight excluding hydrogens is 286 g/mol. The van der Waals surface area contributed by atoms with Gasteiger partial charge in [0, 0.05) is 39.4 Å². The number of aromatic nitrogens is 1. The highest BCUT2D eigenvalue weighted by Gasteiger charge is 2.12. The molecule has 0 spiro atoms. The Balaban J connectivity index is 1.71. The monoisotopic (exact) mass is 317 g/mol. The Morgan fingerprint density at radius 1 is 1.17 bits per heavy atom. The molecule has 0 amide bonds. The lowest BCUT2D eigenvalue weighted by Gasteiger charge is -2.16. The van der Waals surface area contributed by atoms with E-state index < -0.39 is 0 Å². The summed E-state index contributed by atoms with van der Waals surface area (Å²) < 4.78 is 0. The Labute approximate surface area is 140 Å². The fourth-order valence-electron chi connectivity index (χ4n) is 2.82. The largest absolute Gasteiger partial charge is 0.357 e. The van der Waals surface area contributed by atoms with Gasteiger partial charge >= 0.3 is 0 Å². The molecular formula is C18H31N5. The van der Waals surface area contributed by atoms with E-state index in [0.717, 1.165) is 38.0 Å². The quantitative estimate of drug-likeness (QED) is 0.440. The summed E-state index contributed by atoms with van der Waals surface area (Å²) in [6.45, 7) is 6.24. The van der Waals surface area contributed by atoms with Gasteiger partial charge in [-0.1, -0.05) is 32.3 Å². The summed E-state index contributed by atoms with van der Waals surface area (Å²) in [7, 11) is 1.82. The fourth-order valence-corrected chi connectivity index (χ4v) is 2.82. The molecule has 23 heavy (non-hydrogen) atoms. The van der Waals surface area contributed by atoms with Crippen LogP contribution in [-0.4, -0.2) is 37.6 Å². The number of nitrogens with one attached hydrogen (secondary N) is 2. The SMILES string of the molecule is CCCCCCNC(=NC)NCc1ccc(N2CCCC2)nc1. The zero-order chi connectivity index (χ0) is 16.3. The molecule has 1 fully saturated rings. The minimum atomic E-state index is 0.752.